The Labute approximate surface area is 79.0 Å². The molecule has 0 bridgehead atoms. The molecule has 0 radical (unpaired) electrons. The fourth-order valence-electron chi connectivity index (χ4n) is 1.96. The Bertz CT molecular complexity index is 463. The maximum Gasteiger partial charge on any atom is 0.0510 e. The minimum atomic E-state index is 1.35. The molecule has 1 heterocycles. The summed E-state index contributed by atoms with van der Waals surface area (Å²) >= 11 is 0. The predicted molar refractivity (Wildman–Crippen MR) is 57.1 cm³/mol. The zero-order valence-electron chi connectivity index (χ0n) is 8.68. The number of fused-ring (bicyclic) bond motifs is 1. The molecule has 1 heteroatoms. The summed E-state index contributed by atoms with van der Waals surface area (Å²) in [6.07, 6.45) is 2.12. The van der Waals surface area contributed by atoms with E-state index in [2.05, 4.69) is 50.7 Å². The Hall–Kier alpha value is -1.24. The SMILES string of the molecule is Cc1cc2ccn(C)c2c(C)c1C. The van der Waals surface area contributed by atoms with Crippen LogP contribution < -0.4 is 0 Å². The van der Waals surface area contributed by atoms with Crippen LogP contribution in [0.4, 0.5) is 0 Å². The van der Waals surface area contributed by atoms with E-state index in [1.807, 2.05) is 0 Å². The first-order chi connectivity index (χ1) is 6.11. The van der Waals surface area contributed by atoms with Crippen molar-refractivity contribution in [3.63, 3.8) is 0 Å². The standard InChI is InChI=1S/C12H15N/c1-8-7-11-5-6-13(4)12(11)10(3)9(8)2/h5-7H,1-4H3. The second-order valence-corrected chi connectivity index (χ2v) is 3.81. The lowest BCUT2D eigenvalue weighted by atomic mass is 10.0. The monoisotopic (exact) mass is 173 g/mol. The van der Waals surface area contributed by atoms with Gasteiger partial charge in [-0.05, 0) is 49.6 Å². The van der Waals surface area contributed by atoms with Crippen LogP contribution in [0.5, 0.6) is 0 Å². The molecule has 68 valence electrons. The molecule has 13 heavy (non-hydrogen) atoms. The number of hydrogen-bond donors (Lipinski definition) is 0. The van der Waals surface area contributed by atoms with E-state index in [-0.39, 0.29) is 0 Å². The van der Waals surface area contributed by atoms with Crippen molar-refractivity contribution in [2.24, 2.45) is 7.05 Å². The predicted octanol–water partition coefficient (Wildman–Crippen LogP) is 3.10. The van der Waals surface area contributed by atoms with Gasteiger partial charge in [0.25, 0.3) is 0 Å². The van der Waals surface area contributed by atoms with Gasteiger partial charge in [0, 0.05) is 18.6 Å². The van der Waals surface area contributed by atoms with Gasteiger partial charge < -0.3 is 4.57 Å². The van der Waals surface area contributed by atoms with Crippen LogP contribution in [0.15, 0.2) is 18.3 Å². The van der Waals surface area contributed by atoms with Gasteiger partial charge in [-0.1, -0.05) is 0 Å². The number of hydrogen-bond acceptors (Lipinski definition) is 0. The fourth-order valence-corrected chi connectivity index (χ4v) is 1.96. The zero-order valence-corrected chi connectivity index (χ0v) is 8.68. The van der Waals surface area contributed by atoms with Gasteiger partial charge in [-0.3, -0.25) is 0 Å². The van der Waals surface area contributed by atoms with Crippen molar-refractivity contribution in [3.8, 4) is 0 Å². The molecule has 0 fully saturated rings. The van der Waals surface area contributed by atoms with Crippen LogP contribution in [0, 0.1) is 20.8 Å². The number of aromatic nitrogens is 1. The van der Waals surface area contributed by atoms with E-state index < -0.39 is 0 Å². The van der Waals surface area contributed by atoms with Crippen LogP contribution in [0.1, 0.15) is 16.7 Å². The van der Waals surface area contributed by atoms with Gasteiger partial charge >= 0.3 is 0 Å². The molecule has 0 aliphatic carbocycles. The Kier molecular flexibility index (Phi) is 1.69. The lowest BCUT2D eigenvalue weighted by Crippen LogP contribution is -1.92. The minimum absolute atomic E-state index is 1.35. The lowest BCUT2D eigenvalue weighted by molar-refractivity contribution is 0.962. The highest BCUT2D eigenvalue weighted by atomic mass is 14.9. The smallest absolute Gasteiger partial charge is 0.0510 e. The third-order valence-corrected chi connectivity index (χ3v) is 2.99. The molecule has 0 atom stereocenters. The molecule has 1 nitrogen and oxygen atoms in total. The van der Waals surface area contributed by atoms with Crippen LogP contribution in [0.25, 0.3) is 10.9 Å². The molecular weight excluding hydrogens is 158 g/mol. The Balaban J connectivity index is 2.97. The first-order valence-corrected chi connectivity index (χ1v) is 4.63. The molecule has 0 amide bonds. The first kappa shape index (κ1) is 8.36. The highest BCUT2D eigenvalue weighted by Crippen LogP contribution is 2.24. The van der Waals surface area contributed by atoms with Gasteiger partial charge in [-0.25, -0.2) is 0 Å². The van der Waals surface area contributed by atoms with Crippen LogP contribution in [-0.4, -0.2) is 4.57 Å². The summed E-state index contributed by atoms with van der Waals surface area (Å²) < 4.78 is 2.19. The summed E-state index contributed by atoms with van der Waals surface area (Å²) in [5.41, 5.74) is 5.57. The third-order valence-electron chi connectivity index (χ3n) is 2.99. The highest BCUT2D eigenvalue weighted by Gasteiger charge is 2.05. The van der Waals surface area contributed by atoms with Gasteiger partial charge in [0.1, 0.15) is 0 Å². The molecule has 0 saturated carbocycles. The van der Waals surface area contributed by atoms with Crippen molar-refractivity contribution >= 4 is 10.9 Å². The van der Waals surface area contributed by atoms with Crippen LogP contribution in [-0.2, 0) is 7.05 Å². The van der Waals surface area contributed by atoms with Crippen LogP contribution in [0.3, 0.4) is 0 Å². The minimum Gasteiger partial charge on any atom is -0.350 e. The van der Waals surface area contributed by atoms with Crippen molar-refractivity contribution in [1.82, 2.24) is 4.57 Å². The lowest BCUT2D eigenvalue weighted by Gasteiger charge is -2.08. The molecule has 2 aromatic rings. The molecule has 0 spiro atoms. The summed E-state index contributed by atoms with van der Waals surface area (Å²) in [5.74, 6) is 0. The van der Waals surface area contributed by atoms with E-state index in [4.69, 9.17) is 0 Å². The second-order valence-electron chi connectivity index (χ2n) is 3.81. The zero-order chi connectivity index (χ0) is 9.59. The average molecular weight is 173 g/mol. The van der Waals surface area contributed by atoms with Gasteiger partial charge in [-0.15, -0.1) is 0 Å². The van der Waals surface area contributed by atoms with Crippen molar-refractivity contribution in [2.75, 3.05) is 0 Å². The molecular formula is C12H15N. The maximum atomic E-state index is 2.26. The Morgan fingerprint density at radius 2 is 1.77 bits per heavy atom. The first-order valence-electron chi connectivity index (χ1n) is 4.63. The van der Waals surface area contributed by atoms with E-state index in [9.17, 15) is 0 Å². The molecule has 1 aromatic carbocycles. The van der Waals surface area contributed by atoms with Crippen molar-refractivity contribution < 1.29 is 0 Å². The summed E-state index contributed by atoms with van der Waals surface area (Å²) in [6.45, 7) is 6.57. The third kappa shape index (κ3) is 1.07. The summed E-state index contributed by atoms with van der Waals surface area (Å²) in [5, 5.41) is 1.35. The average Bonchev–Trinajstić information content (AvgIpc) is 2.43. The fraction of sp³-hybridized carbons (Fsp3) is 0.333. The quantitative estimate of drug-likeness (QED) is 0.577. The molecule has 2 rings (SSSR count). The van der Waals surface area contributed by atoms with Crippen LogP contribution in [0.2, 0.25) is 0 Å². The van der Waals surface area contributed by atoms with Gasteiger partial charge in [0.15, 0.2) is 0 Å². The van der Waals surface area contributed by atoms with Gasteiger partial charge in [0.05, 0.1) is 5.52 Å². The topological polar surface area (TPSA) is 4.93 Å². The Morgan fingerprint density at radius 3 is 2.46 bits per heavy atom. The summed E-state index contributed by atoms with van der Waals surface area (Å²) in [6, 6.07) is 4.44. The van der Waals surface area contributed by atoms with Crippen LogP contribution >= 0.6 is 0 Å². The maximum absolute atomic E-state index is 2.26. The largest absolute Gasteiger partial charge is 0.350 e. The number of aryl methyl sites for hydroxylation is 3. The molecule has 0 N–H and O–H groups in total. The molecule has 0 aliphatic heterocycles. The second kappa shape index (κ2) is 2.63. The normalized spacial score (nSPS) is 11.1. The Morgan fingerprint density at radius 1 is 1.08 bits per heavy atom. The van der Waals surface area contributed by atoms with E-state index in [1.54, 1.807) is 0 Å². The van der Waals surface area contributed by atoms with E-state index in [1.165, 1.54) is 27.6 Å². The van der Waals surface area contributed by atoms with Gasteiger partial charge in [0.2, 0.25) is 0 Å². The van der Waals surface area contributed by atoms with E-state index >= 15 is 0 Å². The molecule has 0 saturated heterocycles. The van der Waals surface area contributed by atoms with Crippen molar-refractivity contribution in [2.45, 2.75) is 20.8 Å². The number of rotatable bonds is 0. The van der Waals surface area contributed by atoms with E-state index in [0.717, 1.165) is 0 Å². The van der Waals surface area contributed by atoms with E-state index in [0.29, 0.717) is 0 Å². The van der Waals surface area contributed by atoms with Crippen molar-refractivity contribution in [1.29, 1.82) is 0 Å². The summed E-state index contributed by atoms with van der Waals surface area (Å²) in [4.78, 5) is 0. The number of nitrogens with zero attached hydrogens (tertiary/aromatic N) is 1. The van der Waals surface area contributed by atoms with Crippen molar-refractivity contribution in [3.05, 3.63) is 35.0 Å². The number of benzene rings is 1. The molecule has 1 aromatic heterocycles. The van der Waals surface area contributed by atoms with Gasteiger partial charge in [-0.2, -0.15) is 0 Å². The molecule has 0 aliphatic rings. The summed E-state index contributed by atoms with van der Waals surface area (Å²) in [7, 11) is 2.10. The highest BCUT2D eigenvalue weighted by molar-refractivity contribution is 5.85. The molecule has 0 unspecified atom stereocenters.